The molecule has 1 fully saturated rings. The van der Waals surface area contributed by atoms with Crippen LogP contribution in [-0.2, 0) is 6.54 Å². The van der Waals surface area contributed by atoms with E-state index in [-0.39, 0.29) is 5.92 Å². The van der Waals surface area contributed by atoms with Crippen LogP contribution in [0.3, 0.4) is 0 Å². The van der Waals surface area contributed by atoms with E-state index in [4.69, 9.17) is 5.26 Å². The summed E-state index contributed by atoms with van der Waals surface area (Å²) in [5.41, 5.74) is 0. The van der Waals surface area contributed by atoms with Crippen molar-refractivity contribution in [1.82, 2.24) is 20.3 Å². The van der Waals surface area contributed by atoms with E-state index in [2.05, 4.69) is 21.7 Å². The van der Waals surface area contributed by atoms with Crippen molar-refractivity contribution in [3.05, 3.63) is 12.4 Å². The Morgan fingerprint density at radius 1 is 1.35 bits per heavy atom. The van der Waals surface area contributed by atoms with Crippen LogP contribution in [0.25, 0.3) is 0 Å². The first-order valence-electron chi connectivity index (χ1n) is 6.37. The van der Waals surface area contributed by atoms with Crippen LogP contribution in [0, 0.1) is 17.2 Å². The van der Waals surface area contributed by atoms with Crippen LogP contribution in [0.4, 0.5) is 0 Å². The van der Waals surface area contributed by atoms with E-state index in [1.54, 1.807) is 6.20 Å². The third-order valence-electron chi connectivity index (χ3n) is 3.40. The van der Waals surface area contributed by atoms with Gasteiger partial charge < -0.3 is 5.32 Å². The Labute approximate surface area is 102 Å². The topological polar surface area (TPSA) is 66.5 Å². The molecule has 0 radical (unpaired) electrons. The molecule has 0 aliphatic heterocycles. The van der Waals surface area contributed by atoms with Crippen molar-refractivity contribution in [3.8, 4) is 6.07 Å². The van der Waals surface area contributed by atoms with Crippen LogP contribution in [0.1, 0.15) is 32.1 Å². The Balaban J connectivity index is 1.78. The minimum Gasteiger partial charge on any atom is -0.311 e. The highest BCUT2D eigenvalue weighted by atomic mass is 15.4. The summed E-state index contributed by atoms with van der Waals surface area (Å²) in [7, 11) is 0. The van der Waals surface area contributed by atoms with E-state index < -0.39 is 0 Å². The molecule has 2 rings (SSSR count). The predicted octanol–water partition coefficient (Wildman–Crippen LogP) is 1.34. The van der Waals surface area contributed by atoms with Crippen molar-refractivity contribution in [1.29, 1.82) is 5.26 Å². The molecular formula is C12H19N5. The summed E-state index contributed by atoms with van der Waals surface area (Å²) in [6, 6.07) is 2.79. The second kappa shape index (κ2) is 6.36. The molecule has 17 heavy (non-hydrogen) atoms. The number of hydrogen-bond donors (Lipinski definition) is 1. The van der Waals surface area contributed by atoms with Gasteiger partial charge in [-0.25, -0.2) is 0 Å². The fraction of sp³-hybridized carbons (Fsp3) is 0.750. The normalized spacial score (nSPS) is 25.1. The smallest absolute Gasteiger partial charge is 0.0692 e. The zero-order chi connectivity index (χ0) is 11.9. The van der Waals surface area contributed by atoms with Crippen LogP contribution in [0.5, 0.6) is 0 Å². The Hall–Kier alpha value is -1.41. The number of aromatic nitrogens is 3. The van der Waals surface area contributed by atoms with Gasteiger partial charge in [0.05, 0.1) is 24.7 Å². The van der Waals surface area contributed by atoms with Crippen molar-refractivity contribution < 1.29 is 0 Å². The number of hydrogen-bond acceptors (Lipinski definition) is 4. The lowest BCUT2D eigenvalue weighted by atomic mass is 9.96. The van der Waals surface area contributed by atoms with E-state index in [1.807, 2.05) is 10.9 Å². The standard InChI is InChI=1S/C12H19N5/c13-10-11-4-2-1-3-5-12(11)14-6-8-17-9-7-15-16-17/h7,9,11-12,14H,1-6,8H2. The summed E-state index contributed by atoms with van der Waals surface area (Å²) in [5.74, 6) is 0.174. The number of nitriles is 1. The average Bonchev–Trinajstić information content (AvgIpc) is 2.75. The lowest BCUT2D eigenvalue weighted by Gasteiger charge is -2.20. The summed E-state index contributed by atoms with van der Waals surface area (Å²) in [4.78, 5) is 0. The van der Waals surface area contributed by atoms with E-state index >= 15 is 0 Å². The molecule has 0 aromatic carbocycles. The molecule has 1 heterocycles. The molecule has 1 aliphatic rings. The molecule has 92 valence electrons. The molecule has 0 spiro atoms. The SMILES string of the molecule is N#CC1CCCCCC1NCCn1ccnn1. The van der Waals surface area contributed by atoms with Gasteiger partial charge in [0.15, 0.2) is 0 Å². The van der Waals surface area contributed by atoms with Gasteiger partial charge in [0.1, 0.15) is 0 Å². The first-order valence-corrected chi connectivity index (χ1v) is 6.37. The van der Waals surface area contributed by atoms with Gasteiger partial charge in [-0.2, -0.15) is 5.26 Å². The first-order chi connectivity index (χ1) is 8.40. The highest BCUT2D eigenvalue weighted by Gasteiger charge is 2.22. The Morgan fingerprint density at radius 3 is 3.00 bits per heavy atom. The third kappa shape index (κ3) is 3.53. The highest BCUT2D eigenvalue weighted by Crippen LogP contribution is 2.22. The van der Waals surface area contributed by atoms with Gasteiger partial charge in [0.2, 0.25) is 0 Å². The molecule has 1 N–H and O–H groups in total. The van der Waals surface area contributed by atoms with Crippen LogP contribution in [-0.4, -0.2) is 27.6 Å². The summed E-state index contributed by atoms with van der Waals surface area (Å²) < 4.78 is 1.81. The van der Waals surface area contributed by atoms with E-state index in [0.717, 1.165) is 25.9 Å². The molecule has 2 atom stereocenters. The van der Waals surface area contributed by atoms with Crippen molar-refractivity contribution in [2.75, 3.05) is 6.54 Å². The highest BCUT2D eigenvalue weighted by molar-refractivity contribution is 4.93. The third-order valence-corrected chi connectivity index (χ3v) is 3.40. The second-order valence-electron chi connectivity index (χ2n) is 4.60. The zero-order valence-electron chi connectivity index (χ0n) is 10.0. The van der Waals surface area contributed by atoms with E-state index in [0.29, 0.717) is 6.04 Å². The summed E-state index contributed by atoms with van der Waals surface area (Å²) in [6.07, 6.45) is 9.39. The molecule has 0 saturated heterocycles. The van der Waals surface area contributed by atoms with Crippen LogP contribution in [0.2, 0.25) is 0 Å². The van der Waals surface area contributed by atoms with Crippen molar-refractivity contribution in [2.45, 2.75) is 44.7 Å². The second-order valence-corrected chi connectivity index (χ2v) is 4.60. The number of nitrogens with one attached hydrogen (secondary N) is 1. The van der Waals surface area contributed by atoms with Gasteiger partial charge in [-0.3, -0.25) is 4.68 Å². The average molecular weight is 233 g/mol. The molecule has 5 heteroatoms. The van der Waals surface area contributed by atoms with Crippen molar-refractivity contribution in [3.63, 3.8) is 0 Å². The lowest BCUT2D eigenvalue weighted by molar-refractivity contribution is 0.381. The molecule has 1 aliphatic carbocycles. The predicted molar refractivity (Wildman–Crippen MR) is 64.0 cm³/mol. The molecule has 5 nitrogen and oxygen atoms in total. The minimum absolute atomic E-state index is 0.174. The number of rotatable bonds is 4. The molecule has 2 unspecified atom stereocenters. The quantitative estimate of drug-likeness (QED) is 0.797. The van der Waals surface area contributed by atoms with Gasteiger partial charge in [-0.05, 0) is 12.8 Å². The molecule has 1 aromatic heterocycles. The van der Waals surface area contributed by atoms with Crippen molar-refractivity contribution in [2.24, 2.45) is 5.92 Å². The van der Waals surface area contributed by atoms with Gasteiger partial charge in [0.25, 0.3) is 0 Å². The fourth-order valence-electron chi connectivity index (χ4n) is 2.42. The fourth-order valence-corrected chi connectivity index (χ4v) is 2.42. The van der Waals surface area contributed by atoms with Crippen LogP contribution >= 0.6 is 0 Å². The Bertz CT molecular complexity index is 353. The monoisotopic (exact) mass is 233 g/mol. The van der Waals surface area contributed by atoms with Gasteiger partial charge in [0, 0.05) is 18.8 Å². The van der Waals surface area contributed by atoms with Crippen molar-refractivity contribution >= 4 is 0 Å². The summed E-state index contributed by atoms with van der Waals surface area (Å²) >= 11 is 0. The Morgan fingerprint density at radius 2 is 2.24 bits per heavy atom. The van der Waals surface area contributed by atoms with E-state index in [9.17, 15) is 0 Å². The zero-order valence-corrected chi connectivity index (χ0v) is 10.0. The molecule has 1 aromatic rings. The summed E-state index contributed by atoms with van der Waals surface area (Å²) in [5, 5.41) is 20.3. The largest absolute Gasteiger partial charge is 0.311 e. The molecule has 1 saturated carbocycles. The number of nitrogens with zero attached hydrogens (tertiary/aromatic N) is 4. The van der Waals surface area contributed by atoms with Gasteiger partial charge in [-0.15, -0.1) is 5.10 Å². The Kier molecular flexibility index (Phi) is 4.51. The maximum Gasteiger partial charge on any atom is 0.0692 e. The van der Waals surface area contributed by atoms with Gasteiger partial charge in [-0.1, -0.05) is 24.5 Å². The molecule has 0 amide bonds. The lowest BCUT2D eigenvalue weighted by Crippen LogP contribution is -2.37. The molecule has 0 bridgehead atoms. The molecular weight excluding hydrogens is 214 g/mol. The first kappa shape index (κ1) is 12.1. The maximum absolute atomic E-state index is 9.15. The minimum atomic E-state index is 0.174. The van der Waals surface area contributed by atoms with Crippen LogP contribution < -0.4 is 5.32 Å². The van der Waals surface area contributed by atoms with Gasteiger partial charge >= 0.3 is 0 Å². The van der Waals surface area contributed by atoms with E-state index in [1.165, 1.54) is 19.3 Å². The van der Waals surface area contributed by atoms with Crippen LogP contribution in [0.15, 0.2) is 12.4 Å². The maximum atomic E-state index is 9.15. The summed E-state index contributed by atoms with van der Waals surface area (Å²) in [6.45, 7) is 1.67.